The molecule has 0 saturated heterocycles. The number of carbonyl (C=O) groups excluding carboxylic acids is 1. The Hall–Kier alpha value is -1.73. The van der Waals surface area contributed by atoms with E-state index in [0.717, 1.165) is 4.90 Å². The number of hydrogen-bond donors (Lipinski definition) is 2. The van der Waals surface area contributed by atoms with Gasteiger partial charge in [-0.25, -0.2) is 4.98 Å². The third-order valence-corrected chi connectivity index (χ3v) is 3.71. The van der Waals surface area contributed by atoms with Crippen LogP contribution >= 0.6 is 11.8 Å². The van der Waals surface area contributed by atoms with Gasteiger partial charge < -0.3 is 10.4 Å². The van der Waals surface area contributed by atoms with Crippen molar-refractivity contribution in [2.24, 2.45) is 0 Å². The van der Waals surface area contributed by atoms with Crippen LogP contribution in [0.15, 0.2) is 23.1 Å². The number of nitrogens with zero attached hydrogens (tertiary/aromatic N) is 3. The Labute approximate surface area is 133 Å². The second-order valence-corrected chi connectivity index (χ2v) is 7.96. The lowest BCUT2D eigenvalue weighted by Gasteiger charge is -2.17. The zero-order valence-electron chi connectivity index (χ0n) is 13.1. The number of aliphatic hydroxyl groups excluding tert-OH is 1. The van der Waals surface area contributed by atoms with Gasteiger partial charge in [0.2, 0.25) is 5.82 Å². The van der Waals surface area contributed by atoms with Gasteiger partial charge in [0, 0.05) is 16.2 Å². The average Bonchev–Trinajstić information content (AvgIpc) is 2.42. The number of amides is 1. The topological polar surface area (TPSA) is 88.0 Å². The average molecular weight is 320 g/mol. The number of benzene rings is 1. The highest BCUT2D eigenvalue weighted by Gasteiger charge is 2.15. The number of hydrogen-bond acceptors (Lipinski definition) is 6. The SMILES string of the molecule is C[C@H](O)CNC(=O)c1nnc2ccc(SC(C)(C)C)cc2n1. The van der Waals surface area contributed by atoms with Crippen LogP contribution in [0.1, 0.15) is 38.3 Å². The molecule has 0 spiro atoms. The summed E-state index contributed by atoms with van der Waals surface area (Å²) in [6.45, 7) is 8.15. The molecular formula is C15H20N4O2S. The van der Waals surface area contributed by atoms with Crippen LogP contribution in [0, 0.1) is 0 Å². The predicted molar refractivity (Wildman–Crippen MR) is 87.0 cm³/mol. The molecule has 7 heteroatoms. The maximum absolute atomic E-state index is 11.9. The standard InChI is InChI=1S/C15H20N4O2S/c1-9(20)8-16-14(21)13-17-12-7-10(22-15(2,3)4)5-6-11(12)18-19-13/h5-7,9,20H,8H2,1-4H3,(H,16,21)/t9-/m0/s1. The summed E-state index contributed by atoms with van der Waals surface area (Å²) in [4.78, 5) is 17.2. The van der Waals surface area contributed by atoms with Crippen molar-refractivity contribution in [1.82, 2.24) is 20.5 Å². The van der Waals surface area contributed by atoms with Gasteiger partial charge in [-0.15, -0.1) is 22.0 Å². The Bertz CT molecular complexity index is 683. The third kappa shape index (κ3) is 4.64. The molecule has 6 nitrogen and oxygen atoms in total. The molecule has 1 aromatic heterocycles. The van der Waals surface area contributed by atoms with Crippen molar-refractivity contribution < 1.29 is 9.90 Å². The van der Waals surface area contributed by atoms with E-state index in [9.17, 15) is 9.90 Å². The van der Waals surface area contributed by atoms with Crippen LogP contribution in [0.3, 0.4) is 0 Å². The highest BCUT2D eigenvalue weighted by atomic mass is 32.2. The zero-order valence-corrected chi connectivity index (χ0v) is 13.9. The number of nitrogens with one attached hydrogen (secondary N) is 1. The molecule has 0 aliphatic rings. The van der Waals surface area contributed by atoms with Gasteiger partial charge in [-0.2, -0.15) is 0 Å². The van der Waals surface area contributed by atoms with E-state index in [4.69, 9.17) is 0 Å². The molecule has 2 N–H and O–H groups in total. The van der Waals surface area contributed by atoms with Crippen molar-refractivity contribution in [3.63, 3.8) is 0 Å². The normalized spacial score (nSPS) is 13.1. The largest absolute Gasteiger partial charge is 0.392 e. The molecular weight excluding hydrogens is 300 g/mol. The number of fused-ring (bicyclic) bond motifs is 1. The van der Waals surface area contributed by atoms with Crippen LogP contribution < -0.4 is 5.32 Å². The minimum absolute atomic E-state index is 0.00561. The molecule has 0 saturated carbocycles. The van der Waals surface area contributed by atoms with Crippen LogP contribution in [0.2, 0.25) is 0 Å². The van der Waals surface area contributed by atoms with E-state index in [-0.39, 0.29) is 17.1 Å². The van der Waals surface area contributed by atoms with E-state index < -0.39 is 12.0 Å². The zero-order chi connectivity index (χ0) is 16.3. The molecule has 22 heavy (non-hydrogen) atoms. The number of aliphatic hydroxyl groups is 1. The van der Waals surface area contributed by atoms with Gasteiger partial charge >= 0.3 is 0 Å². The van der Waals surface area contributed by atoms with Crippen LogP contribution in [-0.4, -0.2) is 43.6 Å². The fourth-order valence-electron chi connectivity index (χ4n) is 1.75. The fraction of sp³-hybridized carbons (Fsp3) is 0.467. The Morgan fingerprint density at radius 1 is 1.32 bits per heavy atom. The van der Waals surface area contributed by atoms with Gasteiger partial charge in [0.25, 0.3) is 5.91 Å². The highest BCUT2D eigenvalue weighted by Crippen LogP contribution is 2.32. The molecule has 0 aliphatic heterocycles. The molecule has 0 fully saturated rings. The predicted octanol–water partition coefficient (Wildman–Crippen LogP) is 2.03. The van der Waals surface area contributed by atoms with E-state index in [2.05, 4.69) is 41.3 Å². The molecule has 118 valence electrons. The van der Waals surface area contributed by atoms with Crippen molar-refractivity contribution in [2.45, 2.75) is 43.4 Å². The van der Waals surface area contributed by atoms with Crippen LogP contribution in [0.25, 0.3) is 11.0 Å². The number of rotatable bonds is 4. The molecule has 1 atom stereocenters. The van der Waals surface area contributed by atoms with Gasteiger partial charge in [-0.05, 0) is 25.1 Å². The molecule has 0 bridgehead atoms. The molecule has 0 radical (unpaired) electrons. The van der Waals surface area contributed by atoms with Gasteiger partial charge in [0.05, 0.1) is 11.6 Å². The van der Waals surface area contributed by atoms with Crippen LogP contribution in [-0.2, 0) is 0 Å². The van der Waals surface area contributed by atoms with E-state index in [0.29, 0.717) is 11.0 Å². The Kier molecular flexibility index (Phi) is 4.97. The molecule has 2 aromatic rings. The highest BCUT2D eigenvalue weighted by molar-refractivity contribution is 8.00. The fourth-order valence-corrected chi connectivity index (χ4v) is 2.76. The number of thioether (sulfide) groups is 1. The van der Waals surface area contributed by atoms with Gasteiger partial charge in [0.15, 0.2) is 0 Å². The maximum Gasteiger partial charge on any atom is 0.291 e. The van der Waals surface area contributed by atoms with Crippen molar-refractivity contribution in [2.75, 3.05) is 6.54 Å². The summed E-state index contributed by atoms with van der Waals surface area (Å²) in [5.74, 6) is -0.435. The summed E-state index contributed by atoms with van der Waals surface area (Å²) >= 11 is 1.72. The Morgan fingerprint density at radius 3 is 2.68 bits per heavy atom. The summed E-state index contributed by atoms with van der Waals surface area (Å²) in [6.07, 6.45) is -0.618. The molecule has 1 amide bonds. The lowest BCUT2D eigenvalue weighted by atomic mass is 10.3. The summed E-state index contributed by atoms with van der Waals surface area (Å²) in [7, 11) is 0. The third-order valence-electron chi connectivity index (χ3n) is 2.61. The first kappa shape index (κ1) is 16.6. The van der Waals surface area contributed by atoms with Crippen molar-refractivity contribution in [3.05, 3.63) is 24.0 Å². The summed E-state index contributed by atoms with van der Waals surface area (Å²) in [5.41, 5.74) is 1.27. The Balaban J connectivity index is 2.26. The quantitative estimate of drug-likeness (QED) is 0.838. The van der Waals surface area contributed by atoms with Crippen molar-refractivity contribution >= 4 is 28.7 Å². The van der Waals surface area contributed by atoms with E-state index in [1.807, 2.05) is 18.2 Å². The van der Waals surface area contributed by atoms with Gasteiger partial charge in [0.1, 0.15) is 5.52 Å². The van der Waals surface area contributed by atoms with E-state index in [1.165, 1.54) is 0 Å². The number of carbonyl (C=O) groups is 1. The first-order valence-corrected chi connectivity index (χ1v) is 7.86. The molecule has 1 aromatic carbocycles. The second kappa shape index (κ2) is 6.58. The maximum atomic E-state index is 11.9. The van der Waals surface area contributed by atoms with Crippen LogP contribution in [0.4, 0.5) is 0 Å². The van der Waals surface area contributed by atoms with Gasteiger partial charge in [-0.1, -0.05) is 20.8 Å². The van der Waals surface area contributed by atoms with Crippen LogP contribution in [0.5, 0.6) is 0 Å². The van der Waals surface area contributed by atoms with Gasteiger partial charge in [-0.3, -0.25) is 4.79 Å². The lowest BCUT2D eigenvalue weighted by Crippen LogP contribution is -2.32. The Morgan fingerprint density at radius 2 is 2.05 bits per heavy atom. The van der Waals surface area contributed by atoms with Crippen molar-refractivity contribution in [3.8, 4) is 0 Å². The molecule has 0 unspecified atom stereocenters. The smallest absolute Gasteiger partial charge is 0.291 e. The monoisotopic (exact) mass is 320 g/mol. The summed E-state index contributed by atoms with van der Waals surface area (Å²) in [5, 5.41) is 19.6. The first-order valence-electron chi connectivity index (χ1n) is 7.04. The lowest BCUT2D eigenvalue weighted by molar-refractivity contribution is 0.0913. The van der Waals surface area contributed by atoms with E-state index in [1.54, 1.807) is 18.7 Å². The van der Waals surface area contributed by atoms with Crippen molar-refractivity contribution in [1.29, 1.82) is 0 Å². The molecule has 0 aliphatic carbocycles. The number of aromatic nitrogens is 3. The molecule has 1 heterocycles. The summed E-state index contributed by atoms with van der Waals surface area (Å²) < 4.78 is 0.0889. The second-order valence-electron chi connectivity index (χ2n) is 6.06. The summed E-state index contributed by atoms with van der Waals surface area (Å²) in [6, 6.07) is 5.73. The first-order chi connectivity index (χ1) is 10.2. The minimum Gasteiger partial charge on any atom is -0.392 e. The van der Waals surface area contributed by atoms with E-state index >= 15 is 0 Å². The minimum atomic E-state index is -0.618. The molecule has 2 rings (SSSR count).